The van der Waals surface area contributed by atoms with Crippen molar-refractivity contribution in [1.29, 1.82) is 0 Å². The topological polar surface area (TPSA) is 141 Å². The second kappa shape index (κ2) is 11.4. The van der Waals surface area contributed by atoms with Crippen LogP contribution in [-0.2, 0) is 11.2 Å². The lowest BCUT2D eigenvalue weighted by Gasteiger charge is -2.33. The van der Waals surface area contributed by atoms with Crippen molar-refractivity contribution in [2.75, 3.05) is 17.7 Å². The van der Waals surface area contributed by atoms with E-state index < -0.39 is 17.9 Å². The molecule has 1 atom stereocenters. The van der Waals surface area contributed by atoms with E-state index in [1.165, 1.54) is 4.90 Å². The van der Waals surface area contributed by atoms with E-state index in [0.29, 0.717) is 23.4 Å². The number of primary amides is 1. The first-order chi connectivity index (χ1) is 17.8. The first-order valence-electron chi connectivity index (χ1n) is 12.3. The molecule has 1 saturated carbocycles. The molecule has 0 saturated heterocycles. The van der Waals surface area contributed by atoms with Crippen LogP contribution in [0, 0.1) is 0 Å². The van der Waals surface area contributed by atoms with Crippen LogP contribution in [0.25, 0.3) is 0 Å². The second-order valence-corrected chi connectivity index (χ2v) is 9.73. The van der Waals surface area contributed by atoms with Crippen LogP contribution >= 0.6 is 11.5 Å². The number of nitrogens with zero attached hydrogens (tertiary/aromatic N) is 2. The van der Waals surface area contributed by atoms with Gasteiger partial charge in [0.2, 0.25) is 5.91 Å². The molecule has 0 aliphatic heterocycles. The Balaban J connectivity index is 1.88. The summed E-state index contributed by atoms with van der Waals surface area (Å²) in [5, 5.41) is 3.16. The van der Waals surface area contributed by atoms with E-state index in [1.54, 1.807) is 31.4 Å². The van der Waals surface area contributed by atoms with E-state index in [-0.39, 0.29) is 28.2 Å². The predicted octanol–water partition coefficient (Wildman–Crippen LogP) is 3.84. The summed E-state index contributed by atoms with van der Waals surface area (Å²) in [5.41, 5.74) is 13.4. The molecule has 0 unspecified atom stereocenters. The van der Waals surface area contributed by atoms with Gasteiger partial charge in [-0.15, -0.1) is 0 Å². The summed E-state index contributed by atoms with van der Waals surface area (Å²) in [7, 11) is 1.56. The van der Waals surface area contributed by atoms with Crippen molar-refractivity contribution in [3.63, 3.8) is 0 Å². The number of methoxy groups -OCH3 is 1. The molecule has 0 radical (unpaired) electrons. The number of para-hydroxylation sites is 1. The highest BCUT2D eigenvalue weighted by atomic mass is 32.1. The second-order valence-electron chi connectivity index (χ2n) is 8.96. The molecule has 1 aliphatic carbocycles. The maximum absolute atomic E-state index is 14.2. The molecule has 37 heavy (non-hydrogen) atoms. The van der Waals surface area contributed by atoms with Crippen molar-refractivity contribution in [2.24, 2.45) is 5.73 Å². The van der Waals surface area contributed by atoms with Crippen molar-refractivity contribution >= 4 is 40.6 Å². The summed E-state index contributed by atoms with van der Waals surface area (Å²) >= 11 is 0.794. The van der Waals surface area contributed by atoms with Crippen molar-refractivity contribution in [3.8, 4) is 5.75 Å². The highest BCUT2D eigenvalue weighted by Crippen LogP contribution is 2.36. The Morgan fingerprint density at radius 3 is 2.41 bits per heavy atom. The largest absolute Gasteiger partial charge is 0.497 e. The molecule has 9 nitrogen and oxygen atoms in total. The molecule has 194 valence electrons. The van der Waals surface area contributed by atoms with Gasteiger partial charge in [0.05, 0.1) is 12.8 Å². The molecule has 0 bridgehead atoms. The third kappa shape index (κ3) is 5.43. The average molecular weight is 522 g/mol. The zero-order valence-electron chi connectivity index (χ0n) is 20.9. The van der Waals surface area contributed by atoms with Gasteiger partial charge in [-0.3, -0.25) is 19.3 Å². The maximum Gasteiger partial charge on any atom is 0.273 e. The minimum atomic E-state index is -1.01. The molecule has 4 rings (SSSR count). The van der Waals surface area contributed by atoms with E-state index in [1.807, 2.05) is 31.2 Å². The molecule has 1 fully saturated rings. The van der Waals surface area contributed by atoms with Crippen LogP contribution in [0.3, 0.4) is 0 Å². The molecular formula is C27H31N5O4S. The number of hydrogen-bond donors (Lipinski definition) is 3. The summed E-state index contributed by atoms with van der Waals surface area (Å²) < 4.78 is 9.32. The minimum Gasteiger partial charge on any atom is -0.497 e. The van der Waals surface area contributed by atoms with Crippen LogP contribution in [0.15, 0.2) is 48.5 Å². The summed E-state index contributed by atoms with van der Waals surface area (Å²) in [4.78, 5) is 41.5. The number of rotatable bonds is 9. The van der Waals surface area contributed by atoms with Gasteiger partial charge in [-0.05, 0) is 60.1 Å². The Hall–Kier alpha value is -3.92. The highest BCUT2D eigenvalue weighted by Gasteiger charge is 2.37. The van der Waals surface area contributed by atoms with Gasteiger partial charge in [-0.2, -0.15) is 4.37 Å². The molecule has 2 aromatic carbocycles. The first kappa shape index (κ1) is 26.2. The Kier molecular flexibility index (Phi) is 8.08. The predicted molar refractivity (Wildman–Crippen MR) is 144 cm³/mol. The quantitative estimate of drug-likeness (QED) is 0.391. The molecule has 1 heterocycles. The van der Waals surface area contributed by atoms with E-state index in [4.69, 9.17) is 16.2 Å². The van der Waals surface area contributed by atoms with E-state index >= 15 is 0 Å². The highest BCUT2D eigenvalue weighted by molar-refractivity contribution is 7.09. The number of hydrogen-bond acceptors (Lipinski definition) is 7. The molecule has 3 aromatic rings. The lowest BCUT2D eigenvalue weighted by molar-refractivity contribution is -0.123. The third-order valence-corrected chi connectivity index (χ3v) is 7.50. The Morgan fingerprint density at radius 1 is 1.14 bits per heavy atom. The van der Waals surface area contributed by atoms with Crippen LogP contribution in [0.1, 0.15) is 69.9 Å². The number of aromatic nitrogens is 1. The van der Waals surface area contributed by atoms with Crippen molar-refractivity contribution in [2.45, 2.75) is 51.1 Å². The fraction of sp³-hybridized carbons (Fsp3) is 0.333. The summed E-state index contributed by atoms with van der Waals surface area (Å²) in [6, 6.07) is 13.5. The number of anilines is 2. The van der Waals surface area contributed by atoms with E-state index in [0.717, 1.165) is 42.8 Å². The number of carbonyl (C=O) groups excluding carboxylic acids is 3. The Morgan fingerprint density at radius 2 is 1.81 bits per heavy atom. The van der Waals surface area contributed by atoms with E-state index in [9.17, 15) is 14.4 Å². The summed E-state index contributed by atoms with van der Waals surface area (Å²) in [5.74, 6) is -1.03. The van der Waals surface area contributed by atoms with E-state index in [2.05, 4.69) is 9.69 Å². The fourth-order valence-corrected chi connectivity index (χ4v) is 5.45. The number of carbonyl (C=O) groups is 3. The molecule has 10 heteroatoms. The fourth-order valence-electron chi connectivity index (χ4n) is 4.70. The number of benzene rings is 2. The summed E-state index contributed by atoms with van der Waals surface area (Å²) in [6.07, 6.45) is 4.51. The van der Waals surface area contributed by atoms with Gasteiger partial charge < -0.3 is 21.5 Å². The van der Waals surface area contributed by atoms with Crippen LogP contribution in [0.2, 0.25) is 0 Å². The van der Waals surface area contributed by atoms with Gasteiger partial charge in [0.15, 0.2) is 5.69 Å². The minimum absolute atomic E-state index is 0.0431. The SMILES string of the molecule is CCc1ccccc1N(C(=O)c1snc(C(N)=O)c1N)[C@@H](C(=O)NC1CCCC1)c1ccc(OC)cc1. The standard InChI is InChI=1S/C27H31N5O4S/c1-3-16-8-4-7-11-20(16)32(27(35)24-21(28)22(25(29)33)31-37-24)23(17-12-14-19(36-2)15-13-17)26(34)30-18-9-5-6-10-18/h4,7-8,11-15,18,23H,3,5-6,9-10,28H2,1-2H3,(H2,29,33)(H,30,34)/t23-/m1/s1. The lowest BCUT2D eigenvalue weighted by Crippen LogP contribution is -2.46. The molecule has 1 aliphatic rings. The normalized spacial score (nSPS) is 14.2. The number of aryl methyl sites for hydroxylation is 1. The zero-order valence-corrected chi connectivity index (χ0v) is 21.7. The van der Waals surface area contributed by atoms with Gasteiger partial charge in [0.25, 0.3) is 11.8 Å². The number of ether oxygens (including phenoxy) is 1. The number of amides is 3. The average Bonchev–Trinajstić information content (AvgIpc) is 3.56. The summed E-state index contributed by atoms with van der Waals surface area (Å²) in [6.45, 7) is 1.98. The van der Waals surface area contributed by atoms with Crippen molar-refractivity contribution in [1.82, 2.24) is 9.69 Å². The zero-order chi connectivity index (χ0) is 26.5. The molecule has 1 aromatic heterocycles. The van der Waals surface area contributed by atoms with Gasteiger partial charge in [0, 0.05) is 11.7 Å². The van der Waals surface area contributed by atoms with Crippen LogP contribution in [0.4, 0.5) is 11.4 Å². The number of nitrogens with one attached hydrogen (secondary N) is 1. The molecule has 3 amide bonds. The van der Waals surface area contributed by atoms with Gasteiger partial charge in [-0.1, -0.05) is 50.1 Å². The van der Waals surface area contributed by atoms with Crippen LogP contribution in [-0.4, -0.2) is 35.2 Å². The smallest absolute Gasteiger partial charge is 0.273 e. The third-order valence-electron chi connectivity index (χ3n) is 6.65. The molecule has 5 N–H and O–H groups in total. The maximum atomic E-state index is 14.2. The van der Waals surface area contributed by atoms with Gasteiger partial charge >= 0.3 is 0 Å². The first-order valence-corrected chi connectivity index (χ1v) is 13.0. The van der Waals surface area contributed by atoms with Crippen molar-refractivity contribution < 1.29 is 19.1 Å². The van der Waals surface area contributed by atoms with Gasteiger partial charge in [0.1, 0.15) is 16.7 Å². The number of nitrogen functional groups attached to an aromatic ring is 1. The number of nitrogens with two attached hydrogens (primary N) is 2. The lowest BCUT2D eigenvalue weighted by atomic mass is 9.99. The van der Waals surface area contributed by atoms with Crippen LogP contribution < -0.4 is 26.4 Å². The van der Waals surface area contributed by atoms with Crippen molar-refractivity contribution in [3.05, 3.63) is 70.2 Å². The molecule has 0 spiro atoms. The molecular weight excluding hydrogens is 490 g/mol. The Labute approximate surface area is 220 Å². The van der Waals surface area contributed by atoms with Crippen LogP contribution in [0.5, 0.6) is 5.75 Å². The monoisotopic (exact) mass is 521 g/mol. The van der Waals surface area contributed by atoms with Gasteiger partial charge in [-0.25, -0.2) is 0 Å². The Bertz CT molecular complexity index is 1280.